The number of rotatable bonds is 6. The van der Waals surface area contributed by atoms with E-state index in [-0.39, 0.29) is 0 Å². The van der Waals surface area contributed by atoms with Crippen LogP contribution in [0.15, 0.2) is 30.3 Å². The van der Waals surface area contributed by atoms with Gasteiger partial charge in [0, 0.05) is 14.2 Å². The van der Waals surface area contributed by atoms with Crippen molar-refractivity contribution in [1.29, 1.82) is 0 Å². The average molecular weight is 224 g/mol. The summed E-state index contributed by atoms with van der Waals surface area (Å²) >= 11 is 0. The third-order valence-electron chi connectivity index (χ3n) is 2.92. The van der Waals surface area contributed by atoms with Crippen LogP contribution >= 0.6 is 0 Å². The van der Waals surface area contributed by atoms with Gasteiger partial charge in [-0.2, -0.15) is 0 Å². The third kappa shape index (κ3) is 3.45. The summed E-state index contributed by atoms with van der Waals surface area (Å²) in [6, 6.07) is 12.5. The van der Waals surface area contributed by atoms with Crippen LogP contribution in [0.5, 0.6) is 0 Å². The molecule has 3 heteroatoms. The Morgan fingerprint density at radius 2 is 1.67 bits per heavy atom. The van der Waals surface area contributed by atoms with E-state index in [1.54, 1.807) is 14.2 Å². The fourth-order valence-electron chi connectivity index (χ4n) is 1.73. The highest BCUT2D eigenvalue weighted by atomic mass is 28.4. The average Bonchev–Trinajstić information content (AvgIpc) is 2.33. The van der Waals surface area contributed by atoms with Crippen LogP contribution in [-0.4, -0.2) is 22.8 Å². The van der Waals surface area contributed by atoms with Gasteiger partial charge in [-0.1, -0.05) is 37.3 Å². The quantitative estimate of drug-likeness (QED) is 0.692. The van der Waals surface area contributed by atoms with Crippen LogP contribution in [0.25, 0.3) is 0 Å². The number of aryl methyl sites for hydroxylation is 1. The summed E-state index contributed by atoms with van der Waals surface area (Å²) in [5, 5.41) is 0. The zero-order valence-electron chi connectivity index (χ0n) is 9.82. The molecule has 0 bridgehead atoms. The molecular weight excluding hydrogens is 204 g/mol. The highest BCUT2D eigenvalue weighted by Crippen LogP contribution is 2.19. The number of hydrogen-bond acceptors (Lipinski definition) is 2. The summed E-state index contributed by atoms with van der Waals surface area (Å²) < 4.78 is 11.1. The summed E-state index contributed by atoms with van der Waals surface area (Å²) in [4.78, 5) is 0. The summed E-state index contributed by atoms with van der Waals surface area (Å²) in [6.45, 7) is 2.14. The third-order valence-corrected chi connectivity index (χ3v) is 6.50. The van der Waals surface area contributed by atoms with Gasteiger partial charge in [0.15, 0.2) is 0 Å². The lowest BCUT2D eigenvalue weighted by Crippen LogP contribution is -2.39. The molecule has 0 saturated carbocycles. The second-order valence-corrected chi connectivity index (χ2v) is 7.50. The Bertz CT molecular complexity index is 262. The van der Waals surface area contributed by atoms with Crippen molar-refractivity contribution in [2.75, 3.05) is 14.2 Å². The van der Waals surface area contributed by atoms with E-state index in [4.69, 9.17) is 8.85 Å². The topological polar surface area (TPSA) is 18.5 Å². The first-order valence-corrected chi connectivity index (χ1v) is 7.63. The first-order chi connectivity index (χ1) is 7.26. The predicted molar refractivity (Wildman–Crippen MR) is 65.2 cm³/mol. The molecule has 84 valence electrons. The van der Waals surface area contributed by atoms with Gasteiger partial charge in [0.2, 0.25) is 0 Å². The smallest absolute Gasteiger partial charge is 0.337 e. The Morgan fingerprint density at radius 3 is 2.13 bits per heavy atom. The minimum atomic E-state index is -1.90. The van der Waals surface area contributed by atoms with Crippen molar-refractivity contribution in [3.8, 4) is 0 Å². The van der Waals surface area contributed by atoms with Crippen molar-refractivity contribution in [3.63, 3.8) is 0 Å². The van der Waals surface area contributed by atoms with Crippen molar-refractivity contribution in [1.82, 2.24) is 0 Å². The molecule has 1 aromatic rings. The molecule has 0 heterocycles. The minimum Gasteiger partial charge on any atom is -0.398 e. The normalized spacial score (nSPS) is 11.7. The van der Waals surface area contributed by atoms with Gasteiger partial charge in [0.05, 0.1) is 0 Å². The zero-order chi connectivity index (χ0) is 11.1. The maximum absolute atomic E-state index is 5.57. The highest BCUT2D eigenvalue weighted by Gasteiger charge is 2.32. The predicted octanol–water partition coefficient (Wildman–Crippen LogP) is 2.98. The first-order valence-electron chi connectivity index (χ1n) is 5.40. The molecular formula is C12H20O2Si. The summed E-state index contributed by atoms with van der Waals surface area (Å²) in [7, 11) is 1.64. The van der Waals surface area contributed by atoms with Gasteiger partial charge in [-0.15, -0.1) is 0 Å². The van der Waals surface area contributed by atoms with E-state index in [0.717, 1.165) is 18.5 Å². The Hall–Kier alpha value is -0.643. The molecule has 15 heavy (non-hydrogen) atoms. The number of hydrogen-bond donors (Lipinski definition) is 0. The molecule has 0 radical (unpaired) electrons. The molecule has 0 saturated heterocycles. The maximum atomic E-state index is 5.57. The van der Waals surface area contributed by atoms with Crippen molar-refractivity contribution in [2.45, 2.75) is 25.4 Å². The van der Waals surface area contributed by atoms with Crippen LogP contribution in [0.1, 0.15) is 12.5 Å². The van der Waals surface area contributed by atoms with Gasteiger partial charge >= 0.3 is 8.56 Å². The van der Waals surface area contributed by atoms with E-state index in [1.807, 2.05) is 6.07 Å². The molecule has 0 fully saturated rings. The van der Waals surface area contributed by atoms with Gasteiger partial charge in [-0.05, 0) is 24.1 Å². The van der Waals surface area contributed by atoms with Crippen LogP contribution in [0.4, 0.5) is 0 Å². The van der Waals surface area contributed by atoms with Gasteiger partial charge < -0.3 is 8.85 Å². The molecule has 0 aromatic heterocycles. The first kappa shape index (κ1) is 12.4. The van der Waals surface area contributed by atoms with Crippen molar-refractivity contribution in [2.24, 2.45) is 0 Å². The Morgan fingerprint density at radius 1 is 1.07 bits per heavy atom. The van der Waals surface area contributed by atoms with E-state index < -0.39 is 8.56 Å². The molecule has 0 atom stereocenters. The van der Waals surface area contributed by atoms with E-state index in [0.29, 0.717) is 0 Å². The fraction of sp³-hybridized carbons (Fsp3) is 0.500. The van der Waals surface area contributed by atoms with Crippen LogP contribution in [0.3, 0.4) is 0 Å². The van der Waals surface area contributed by atoms with Gasteiger partial charge in [-0.25, -0.2) is 0 Å². The summed E-state index contributed by atoms with van der Waals surface area (Å²) in [5.74, 6) is 0. The van der Waals surface area contributed by atoms with Crippen molar-refractivity contribution in [3.05, 3.63) is 35.9 Å². The number of benzene rings is 1. The van der Waals surface area contributed by atoms with E-state index >= 15 is 0 Å². The molecule has 0 unspecified atom stereocenters. The van der Waals surface area contributed by atoms with Crippen molar-refractivity contribution >= 4 is 8.56 Å². The van der Waals surface area contributed by atoms with Gasteiger partial charge in [0.25, 0.3) is 0 Å². The standard InChI is InChI=1S/C12H20O2Si/c1-4-15(13-2,14-3)11-10-12-8-6-5-7-9-12/h5-9H,4,10-11H2,1-3H3. The minimum absolute atomic E-state index is 1.01. The molecule has 0 aliphatic carbocycles. The Labute approximate surface area is 93.5 Å². The van der Waals surface area contributed by atoms with Gasteiger partial charge in [0.1, 0.15) is 0 Å². The van der Waals surface area contributed by atoms with E-state index in [9.17, 15) is 0 Å². The molecule has 0 spiro atoms. The SMILES string of the molecule is CC[Si](CCc1ccccc1)(OC)OC. The lowest BCUT2D eigenvalue weighted by Gasteiger charge is -2.25. The summed E-state index contributed by atoms with van der Waals surface area (Å²) in [5.41, 5.74) is 1.36. The Kier molecular flexibility index (Phi) is 5.01. The summed E-state index contributed by atoms with van der Waals surface area (Å²) in [6.07, 6.45) is 1.04. The molecule has 0 aliphatic heterocycles. The van der Waals surface area contributed by atoms with Crippen LogP contribution in [-0.2, 0) is 15.3 Å². The van der Waals surface area contributed by atoms with Crippen LogP contribution < -0.4 is 0 Å². The lowest BCUT2D eigenvalue weighted by atomic mass is 10.2. The monoisotopic (exact) mass is 224 g/mol. The molecule has 1 aromatic carbocycles. The fourth-order valence-corrected chi connectivity index (χ4v) is 3.91. The van der Waals surface area contributed by atoms with Crippen LogP contribution in [0, 0.1) is 0 Å². The van der Waals surface area contributed by atoms with Gasteiger partial charge in [-0.3, -0.25) is 0 Å². The Balaban J connectivity index is 2.54. The molecule has 0 N–H and O–H groups in total. The maximum Gasteiger partial charge on any atom is 0.337 e. The van der Waals surface area contributed by atoms with Crippen LogP contribution in [0.2, 0.25) is 12.1 Å². The lowest BCUT2D eigenvalue weighted by molar-refractivity contribution is 0.243. The van der Waals surface area contributed by atoms with Crippen molar-refractivity contribution < 1.29 is 8.85 Å². The largest absolute Gasteiger partial charge is 0.398 e. The van der Waals surface area contributed by atoms with E-state index in [1.165, 1.54) is 5.56 Å². The zero-order valence-corrected chi connectivity index (χ0v) is 10.8. The second kappa shape index (κ2) is 6.05. The second-order valence-electron chi connectivity index (χ2n) is 3.66. The molecule has 2 nitrogen and oxygen atoms in total. The molecule has 0 aliphatic rings. The highest BCUT2D eigenvalue weighted by molar-refractivity contribution is 6.67. The molecule has 1 rings (SSSR count). The molecule has 0 amide bonds. The van der Waals surface area contributed by atoms with E-state index in [2.05, 4.69) is 31.2 Å².